The molecular formula is C10H11N3O. The smallest absolute Gasteiger partial charge is 0.0793 e. The van der Waals surface area contributed by atoms with E-state index in [1.165, 1.54) is 0 Å². The molecule has 1 aliphatic rings. The Morgan fingerprint density at radius 3 is 2.71 bits per heavy atom. The van der Waals surface area contributed by atoms with E-state index in [1.807, 2.05) is 24.3 Å². The molecule has 0 aliphatic heterocycles. The fraction of sp³-hybridized carbons (Fsp3) is 0.400. The van der Waals surface area contributed by atoms with E-state index < -0.39 is 6.10 Å². The Kier molecular flexibility index (Phi) is 2.39. The van der Waals surface area contributed by atoms with Gasteiger partial charge in [-0.1, -0.05) is 29.4 Å². The van der Waals surface area contributed by atoms with Crippen LogP contribution >= 0.6 is 0 Å². The highest BCUT2D eigenvalue weighted by Crippen LogP contribution is 2.37. The van der Waals surface area contributed by atoms with Gasteiger partial charge in [0.25, 0.3) is 0 Å². The zero-order valence-electron chi connectivity index (χ0n) is 7.67. The number of azide groups is 1. The molecule has 4 nitrogen and oxygen atoms in total. The second-order valence-corrected chi connectivity index (χ2v) is 3.44. The molecule has 0 spiro atoms. The standard InChI is InChI=1S/C10H11N3O/c11-13-12-9-5-6-10(14)8-4-2-1-3-7(8)9/h1-4,9-10,14H,5-6H2/t9-,10-/m0/s1. The summed E-state index contributed by atoms with van der Waals surface area (Å²) < 4.78 is 0. The summed E-state index contributed by atoms with van der Waals surface area (Å²) >= 11 is 0. The lowest BCUT2D eigenvalue weighted by Crippen LogP contribution is -2.12. The van der Waals surface area contributed by atoms with Gasteiger partial charge in [0, 0.05) is 4.91 Å². The maximum atomic E-state index is 9.71. The summed E-state index contributed by atoms with van der Waals surface area (Å²) in [4.78, 5) is 2.83. The SMILES string of the molecule is [N-]=[N+]=N[C@H]1CC[C@H](O)c2ccccc21. The van der Waals surface area contributed by atoms with Crippen LogP contribution in [0, 0.1) is 0 Å². The minimum absolute atomic E-state index is 0.111. The lowest BCUT2D eigenvalue weighted by atomic mass is 9.86. The number of fused-ring (bicyclic) bond motifs is 1. The molecular weight excluding hydrogens is 178 g/mol. The van der Waals surface area contributed by atoms with Crippen LogP contribution in [0.5, 0.6) is 0 Å². The summed E-state index contributed by atoms with van der Waals surface area (Å²) in [5.74, 6) is 0. The number of hydrogen-bond acceptors (Lipinski definition) is 2. The van der Waals surface area contributed by atoms with Gasteiger partial charge in [-0.15, -0.1) is 0 Å². The van der Waals surface area contributed by atoms with Crippen molar-refractivity contribution in [1.82, 2.24) is 0 Å². The lowest BCUT2D eigenvalue weighted by Gasteiger charge is -2.25. The van der Waals surface area contributed by atoms with Gasteiger partial charge in [0.1, 0.15) is 0 Å². The van der Waals surface area contributed by atoms with Crippen LogP contribution < -0.4 is 0 Å². The van der Waals surface area contributed by atoms with Crippen molar-refractivity contribution in [2.45, 2.75) is 25.0 Å². The Bertz CT molecular complexity index is 385. The second kappa shape index (κ2) is 3.70. The van der Waals surface area contributed by atoms with Crippen LogP contribution in [-0.2, 0) is 0 Å². The zero-order chi connectivity index (χ0) is 9.97. The van der Waals surface area contributed by atoms with Gasteiger partial charge in [-0.3, -0.25) is 0 Å². The normalized spacial score (nSPS) is 24.9. The van der Waals surface area contributed by atoms with Gasteiger partial charge < -0.3 is 5.11 Å². The number of aliphatic hydroxyl groups is 1. The van der Waals surface area contributed by atoms with E-state index in [-0.39, 0.29) is 6.04 Å². The van der Waals surface area contributed by atoms with Crippen molar-refractivity contribution in [3.8, 4) is 0 Å². The van der Waals surface area contributed by atoms with E-state index in [0.29, 0.717) is 6.42 Å². The van der Waals surface area contributed by atoms with E-state index in [2.05, 4.69) is 10.0 Å². The molecule has 0 aromatic heterocycles. The molecule has 14 heavy (non-hydrogen) atoms. The molecule has 1 aromatic rings. The van der Waals surface area contributed by atoms with Crippen molar-refractivity contribution >= 4 is 0 Å². The van der Waals surface area contributed by atoms with Crippen molar-refractivity contribution in [2.24, 2.45) is 5.11 Å². The predicted octanol–water partition coefficient (Wildman–Crippen LogP) is 2.87. The third kappa shape index (κ3) is 1.45. The lowest BCUT2D eigenvalue weighted by molar-refractivity contribution is 0.151. The summed E-state index contributed by atoms with van der Waals surface area (Å²) in [6.07, 6.45) is 0.986. The van der Waals surface area contributed by atoms with Crippen LogP contribution in [-0.4, -0.2) is 5.11 Å². The maximum absolute atomic E-state index is 9.71. The van der Waals surface area contributed by atoms with Crippen molar-refractivity contribution in [3.05, 3.63) is 45.8 Å². The van der Waals surface area contributed by atoms with E-state index in [0.717, 1.165) is 17.5 Å². The molecule has 0 fully saturated rings. The van der Waals surface area contributed by atoms with Crippen LogP contribution in [0.3, 0.4) is 0 Å². The second-order valence-electron chi connectivity index (χ2n) is 3.44. The van der Waals surface area contributed by atoms with Crippen LogP contribution in [0.2, 0.25) is 0 Å². The Morgan fingerprint density at radius 1 is 1.29 bits per heavy atom. The minimum Gasteiger partial charge on any atom is -0.388 e. The van der Waals surface area contributed by atoms with Gasteiger partial charge in [0.2, 0.25) is 0 Å². The summed E-state index contributed by atoms with van der Waals surface area (Å²) in [7, 11) is 0. The Labute approximate surface area is 81.8 Å². The largest absolute Gasteiger partial charge is 0.388 e. The highest BCUT2D eigenvalue weighted by Gasteiger charge is 2.24. The van der Waals surface area contributed by atoms with Gasteiger partial charge in [-0.25, -0.2) is 0 Å². The summed E-state index contributed by atoms with van der Waals surface area (Å²) in [5.41, 5.74) is 10.3. The fourth-order valence-corrected chi connectivity index (χ4v) is 1.93. The summed E-state index contributed by atoms with van der Waals surface area (Å²) in [6.45, 7) is 0. The number of nitrogens with zero attached hydrogens (tertiary/aromatic N) is 3. The maximum Gasteiger partial charge on any atom is 0.0793 e. The number of rotatable bonds is 1. The van der Waals surface area contributed by atoms with Gasteiger partial charge in [0.15, 0.2) is 0 Å². The molecule has 0 unspecified atom stereocenters. The van der Waals surface area contributed by atoms with E-state index in [4.69, 9.17) is 5.53 Å². The Balaban J connectivity index is 2.46. The molecule has 2 rings (SSSR count). The first-order valence-electron chi connectivity index (χ1n) is 4.64. The molecule has 0 bridgehead atoms. The average molecular weight is 189 g/mol. The first-order valence-corrected chi connectivity index (χ1v) is 4.64. The number of hydrogen-bond donors (Lipinski definition) is 1. The summed E-state index contributed by atoms with van der Waals surface area (Å²) in [5, 5.41) is 13.4. The van der Waals surface area contributed by atoms with Crippen LogP contribution in [0.25, 0.3) is 10.4 Å². The molecule has 1 aromatic carbocycles. The zero-order valence-corrected chi connectivity index (χ0v) is 7.67. The van der Waals surface area contributed by atoms with E-state index in [9.17, 15) is 5.11 Å². The number of aliphatic hydroxyl groups excluding tert-OH is 1. The molecule has 0 saturated heterocycles. The monoisotopic (exact) mass is 189 g/mol. The van der Waals surface area contributed by atoms with E-state index in [1.54, 1.807) is 0 Å². The summed E-state index contributed by atoms with van der Waals surface area (Å²) in [6, 6.07) is 7.48. The third-order valence-electron chi connectivity index (χ3n) is 2.62. The quantitative estimate of drug-likeness (QED) is 0.412. The molecule has 4 heteroatoms. The topological polar surface area (TPSA) is 69.0 Å². The predicted molar refractivity (Wildman–Crippen MR) is 52.5 cm³/mol. The Morgan fingerprint density at radius 2 is 2.00 bits per heavy atom. The van der Waals surface area contributed by atoms with Gasteiger partial charge in [-0.2, -0.15) is 0 Å². The number of benzene rings is 1. The minimum atomic E-state index is -0.406. The van der Waals surface area contributed by atoms with Crippen LogP contribution in [0.1, 0.15) is 36.1 Å². The molecule has 1 N–H and O–H groups in total. The van der Waals surface area contributed by atoms with Crippen molar-refractivity contribution in [2.75, 3.05) is 0 Å². The molecule has 0 radical (unpaired) electrons. The van der Waals surface area contributed by atoms with Gasteiger partial charge >= 0.3 is 0 Å². The first-order chi connectivity index (χ1) is 6.83. The van der Waals surface area contributed by atoms with Crippen molar-refractivity contribution in [1.29, 1.82) is 0 Å². The molecule has 72 valence electrons. The Hall–Kier alpha value is -1.51. The van der Waals surface area contributed by atoms with Crippen molar-refractivity contribution < 1.29 is 5.11 Å². The molecule has 0 amide bonds. The van der Waals surface area contributed by atoms with Gasteiger partial charge in [-0.05, 0) is 29.5 Å². The molecule has 1 aliphatic carbocycles. The highest BCUT2D eigenvalue weighted by molar-refractivity contribution is 5.33. The van der Waals surface area contributed by atoms with E-state index >= 15 is 0 Å². The van der Waals surface area contributed by atoms with Crippen LogP contribution in [0.15, 0.2) is 29.4 Å². The van der Waals surface area contributed by atoms with Gasteiger partial charge in [0.05, 0.1) is 12.1 Å². The highest BCUT2D eigenvalue weighted by atomic mass is 16.3. The fourth-order valence-electron chi connectivity index (χ4n) is 1.93. The molecule has 0 heterocycles. The third-order valence-corrected chi connectivity index (χ3v) is 2.62. The molecule has 0 saturated carbocycles. The molecule has 2 atom stereocenters. The van der Waals surface area contributed by atoms with Crippen molar-refractivity contribution in [3.63, 3.8) is 0 Å². The average Bonchev–Trinajstić information content (AvgIpc) is 2.23. The first kappa shape index (κ1) is 9.06. The van der Waals surface area contributed by atoms with Crippen LogP contribution in [0.4, 0.5) is 0 Å².